The largest absolute Gasteiger partial charge is 0.357 e. The number of aromatic nitrogens is 3. The zero-order chi connectivity index (χ0) is 14.0. The number of nitro groups is 1. The Bertz CT molecular complexity index is 642. The molecule has 0 aromatic carbocycles. The number of pyridine rings is 1. The molecule has 0 radical (unpaired) electrons. The van der Waals surface area contributed by atoms with E-state index in [1.54, 1.807) is 32.4 Å². The molecule has 0 saturated heterocycles. The molecule has 2 heterocycles. The first-order chi connectivity index (χ1) is 9.04. The Morgan fingerprint density at radius 2 is 2.05 bits per heavy atom. The fourth-order valence-corrected chi connectivity index (χ4v) is 1.82. The van der Waals surface area contributed by atoms with E-state index in [0.717, 1.165) is 5.56 Å². The molecule has 0 atom stereocenters. The highest BCUT2D eigenvalue weighted by Gasteiger charge is 2.23. The van der Waals surface area contributed by atoms with Crippen molar-refractivity contribution in [1.29, 1.82) is 0 Å². The Morgan fingerprint density at radius 1 is 1.32 bits per heavy atom. The van der Waals surface area contributed by atoms with Crippen LogP contribution in [0.4, 0.5) is 11.6 Å². The van der Waals surface area contributed by atoms with Crippen molar-refractivity contribution in [1.82, 2.24) is 15.0 Å². The van der Waals surface area contributed by atoms with E-state index in [1.807, 2.05) is 6.92 Å². The fraction of sp³-hybridized carbons (Fsp3) is 0.250. The molecule has 0 bridgehead atoms. The Morgan fingerprint density at radius 3 is 2.63 bits per heavy atom. The van der Waals surface area contributed by atoms with Crippen molar-refractivity contribution in [2.45, 2.75) is 13.8 Å². The summed E-state index contributed by atoms with van der Waals surface area (Å²) in [7, 11) is 1.67. The molecule has 0 aliphatic carbocycles. The summed E-state index contributed by atoms with van der Waals surface area (Å²) < 4.78 is 0. The predicted octanol–water partition coefficient (Wildman–Crippen LogP) is 2.11. The molecular weight excluding hydrogens is 246 g/mol. The highest BCUT2D eigenvalue weighted by atomic mass is 16.6. The molecular formula is C12H13N5O2. The van der Waals surface area contributed by atoms with Crippen molar-refractivity contribution in [2.75, 3.05) is 12.4 Å². The summed E-state index contributed by atoms with van der Waals surface area (Å²) in [4.78, 5) is 23.0. The minimum absolute atomic E-state index is 0.0756. The van der Waals surface area contributed by atoms with Crippen molar-refractivity contribution < 1.29 is 4.92 Å². The van der Waals surface area contributed by atoms with E-state index >= 15 is 0 Å². The van der Waals surface area contributed by atoms with Gasteiger partial charge in [0, 0.05) is 25.0 Å². The highest BCUT2D eigenvalue weighted by Crippen LogP contribution is 2.32. The quantitative estimate of drug-likeness (QED) is 0.670. The van der Waals surface area contributed by atoms with Gasteiger partial charge in [0.15, 0.2) is 5.69 Å². The molecule has 0 amide bonds. The minimum Gasteiger partial charge on any atom is -0.357 e. The molecule has 2 rings (SSSR count). The Kier molecular flexibility index (Phi) is 3.37. The topological polar surface area (TPSA) is 93.8 Å². The summed E-state index contributed by atoms with van der Waals surface area (Å²) in [6, 6.07) is 1.71. The zero-order valence-electron chi connectivity index (χ0n) is 10.8. The smallest absolute Gasteiger partial charge is 0.316 e. The van der Waals surface area contributed by atoms with Crippen molar-refractivity contribution in [2.24, 2.45) is 0 Å². The van der Waals surface area contributed by atoms with Gasteiger partial charge in [-0.05, 0) is 25.5 Å². The summed E-state index contributed by atoms with van der Waals surface area (Å²) in [5, 5.41) is 14.0. The van der Waals surface area contributed by atoms with Gasteiger partial charge >= 0.3 is 5.69 Å². The normalized spacial score (nSPS) is 10.3. The number of nitrogens with one attached hydrogen (secondary N) is 1. The molecule has 0 aliphatic heterocycles. The van der Waals surface area contributed by atoms with Crippen molar-refractivity contribution in [3.05, 3.63) is 39.8 Å². The first-order valence-electron chi connectivity index (χ1n) is 5.66. The summed E-state index contributed by atoms with van der Waals surface area (Å²) in [5.41, 5.74) is 2.07. The molecule has 0 aliphatic rings. The van der Waals surface area contributed by atoms with Crippen LogP contribution in [0, 0.1) is 24.0 Å². The molecule has 2 aromatic rings. The molecule has 7 heteroatoms. The minimum atomic E-state index is -0.454. The molecule has 7 nitrogen and oxygen atoms in total. The SMILES string of the molecule is CNc1nc(C)c([N+](=O)[O-])c(-c2ccncc2C)n1. The molecule has 98 valence electrons. The Labute approximate surface area is 109 Å². The maximum absolute atomic E-state index is 11.2. The van der Waals surface area contributed by atoms with E-state index in [-0.39, 0.29) is 5.69 Å². The van der Waals surface area contributed by atoms with Crippen LogP contribution < -0.4 is 5.32 Å². The molecule has 0 unspecified atom stereocenters. The van der Waals surface area contributed by atoms with Crippen molar-refractivity contribution >= 4 is 11.6 Å². The predicted molar refractivity (Wildman–Crippen MR) is 70.9 cm³/mol. The average molecular weight is 259 g/mol. The molecule has 19 heavy (non-hydrogen) atoms. The van der Waals surface area contributed by atoms with Gasteiger partial charge in [-0.25, -0.2) is 9.97 Å². The van der Waals surface area contributed by atoms with Gasteiger partial charge in [-0.3, -0.25) is 15.1 Å². The van der Waals surface area contributed by atoms with E-state index in [1.165, 1.54) is 0 Å². The van der Waals surface area contributed by atoms with E-state index in [2.05, 4.69) is 20.3 Å². The van der Waals surface area contributed by atoms with E-state index < -0.39 is 4.92 Å². The summed E-state index contributed by atoms with van der Waals surface area (Å²) in [6.45, 7) is 3.43. The summed E-state index contributed by atoms with van der Waals surface area (Å²) in [6.07, 6.45) is 3.23. The van der Waals surface area contributed by atoms with Crippen LogP contribution in [0.1, 0.15) is 11.3 Å². The van der Waals surface area contributed by atoms with Gasteiger partial charge in [0.25, 0.3) is 0 Å². The zero-order valence-corrected chi connectivity index (χ0v) is 10.8. The molecule has 0 saturated carbocycles. The van der Waals surface area contributed by atoms with Crippen LogP contribution in [0.15, 0.2) is 18.5 Å². The van der Waals surface area contributed by atoms with Gasteiger partial charge in [0.05, 0.1) is 4.92 Å². The van der Waals surface area contributed by atoms with Crippen LogP contribution in [0.5, 0.6) is 0 Å². The fourth-order valence-electron chi connectivity index (χ4n) is 1.82. The summed E-state index contributed by atoms with van der Waals surface area (Å²) in [5.74, 6) is 0.356. The number of hydrogen-bond acceptors (Lipinski definition) is 6. The second kappa shape index (κ2) is 4.97. The lowest BCUT2D eigenvalue weighted by molar-refractivity contribution is -0.385. The Balaban J connectivity index is 2.77. The van der Waals surface area contributed by atoms with Crippen molar-refractivity contribution in [3.63, 3.8) is 0 Å². The van der Waals surface area contributed by atoms with Gasteiger partial charge in [0.2, 0.25) is 5.95 Å². The van der Waals surface area contributed by atoms with E-state index in [0.29, 0.717) is 22.9 Å². The van der Waals surface area contributed by atoms with Crippen LogP contribution in [0.3, 0.4) is 0 Å². The standard InChI is InChI=1S/C12H13N5O2/c1-7-6-14-5-4-9(7)10-11(17(18)19)8(2)15-12(13-3)16-10/h4-6H,1-3H3,(H,13,15,16). The number of rotatable bonds is 3. The lowest BCUT2D eigenvalue weighted by Crippen LogP contribution is -2.05. The van der Waals surface area contributed by atoms with Gasteiger partial charge in [-0.15, -0.1) is 0 Å². The number of aryl methyl sites for hydroxylation is 2. The average Bonchev–Trinajstić information content (AvgIpc) is 2.37. The monoisotopic (exact) mass is 259 g/mol. The molecule has 1 N–H and O–H groups in total. The van der Waals surface area contributed by atoms with Crippen LogP contribution in [-0.4, -0.2) is 26.9 Å². The number of hydrogen-bond donors (Lipinski definition) is 1. The Hall–Kier alpha value is -2.57. The maximum Gasteiger partial charge on any atom is 0.316 e. The molecule has 2 aromatic heterocycles. The lowest BCUT2D eigenvalue weighted by Gasteiger charge is -2.08. The first-order valence-corrected chi connectivity index (χ1v) is 5.66. The maximum atomic E-state index is 11.2. The van der Waals surface area contributed by atoms with Gasteiger partial charge < -0.3 is 5.32 Å². The summed E-state index contributed by atoms with van der Waals surface area (Å²) >= 11 is 0. The third kappa shape index (κ3) is 2.35. The highest BCUT2D eigenvalue weighted by molar-refractivity contribution is 5.73. The van der Waals surface area contributed by atoms with E-state index in [4.69, 9.17) is 0 Å². The lowest BCUT2D eigenvalue weighted by atomic mass is 10.1. The second-order valence-electron chi connectivity index (χ2n) is 4.03. The van der Waals surface area contributed by atoms with Gasteiger partial charge in [-0.2, -0.15) is 0 Å². The van der Waals surface area contributed by atoms with Crippen LogP contribution in [0.2, 0.25) is 0 Å². The van der Waals surface area contributed by atoms with Crippen LogP contribution in [-0.2, 0) is 0 Å². The van der Waals surface area contributed by atoms with Gasteiger partial charge in [0.1, 0.15) is 5.69 Å². The molecule has 0 fully saturated rings. The molecule has 0 spiro atoms. The third-order valence-corrected chi connectivity index (χ3v) is 2.74. The number of nitrogens with zero attached hydrogens (tertiary/aromatic N) is 4. The third-order valence-electron chi connectivity index (χ3n) is 2.74. The first kappa shape index (κ1) is 12.9. The van der Waals surface area contributed by atoms with Crippen LogP contribution in [0.25, 0.3) is 11.3 Å². The van der Waals surface area contributed by atoms with Gasteiger partial charge in [-0.1, -0.05) is 0 Å². The van der Waals surface area contributed by atoms with E-state index in [9.17, 15) is 10.1 Å². The second-order valence-corrected chi connectivity index (χ2v) is 4.03. The van der Waals surface area contributed by atoms with Crippen molar-refractivity contribution in [3.8, 4) is 11.3 Å². The number of anilines is 1. The van der Waals surface area contributed by atoms with Crippen LogP contribution >= 0.6 is 0 Å².